The molecule has 0 radical (unpaired) electrons. The van der Waals surface area contributed by atoms with Crippen LogP contribution in [0, 0.1) is 0 Å². The highest BCUT2D eigenvalue weighted by Gasteiger charge is 2.43. The van der Waals surface area contributed by atoms with Crippen LogP contribution >= 0.6 is 0 Å². The fraction of sp³-hybridized carbons (Fsp3) is 0.500. The van der Waals surface area contributed by atoms with Gasteiger partial charge in [0, 0.05) is 25.0 Å². The van der Waals surface area contributed by atoms with Crippen molar-refractivity contribution >= 4 is 25.9 Å². The molecule has 1 atom stereocenters. The molecule has 1 aliphatic heterocycles. The van der Waals surface area contributed by atoms with Gasteiger partial charge in [0.1, 0.15) is 0 Å². The van der Waals surface area contributed by atoms with Gasteiger partial charge < -0.3 is 18.0 Å². The van der Waals surface area contributed by atoms with Crippen LogP contribution in [0.3, 0.4) is 0 Å². The first-order chi connectivity index (χ1) is 11.1. The van der Waals surface area contributed by atoms with Crippen LogP contribution in [0.15, 0.2) is 24.3 Å². The average Bonchev–Trinajstić information content (AvgIpc) is 2.87. The molecule has 7 heteroatoms. The maximum atomic E-state index is 11.7. The zero-order valence-electron chi connectivity index (χ0n) is 13.7. The molecule has 0 saturated carbocycles. The molecular weight excluding hydrogens is 316 g/mol. The first-order valence-electron chi connectivity index (χ1n) is 7.83. The van der Waals surface area contributed by atoms with Gasteiger partial charge in [0.25, 0.3) is 0 Å². The van der Waals surface area contributed by atoms with Crippen LogP contribution < -0.4 is 5.19 Å². The molecule has 0 N–H and O–H groups in total. The standard InChI is InChI=1S/C16H22O6Si/c1-4-19-23(20-5-2,21-6-3)13-9-7-12(8-10-13)14-11-15(17)22-16(14)18/h7-10,14H,4-6,11H2,1-3H3. The Morgan fingerprint density at radius 3 is 1.91 bits per heavy atom. The van der Waals surface area contributed by atoms with Crippen molar-refractivity contribution in [1.29, 1.82) is 0 Å². The van der Waals surface area contributed by atoms with E-state index in [9.17, 15) is 9.59 Å². The lowest BCUT2D eigenvalue weighted by Gasteiger charge is -2.28. The summed E-state index contributed by atoms with van der Waals surface area (Å²) in [6.07, 6.45) is 0.0864. The Balaban J connectivity index is 2.27. The first-order valence-corrected chi connectivity index (χ1v) is 9.55. The van der Waals surface area contributed by atoms with E-state index in [-0.39, 0.29) is 6.42 Å². The zero-order chi connectivity index (χ0) is 16.9. The molecule has 126 valence electrons. The van der Waals surface area contributed by atoms with E-state index in [2.05, 4.69) is 4.74 Å². The van der Waals surface area contributed by atoms with Crippen molar-refractivity contribution in [2.45, 2.75) is 33.1 Å². The van der Waals surface area contributed by atoms with Gasteiger partial charge in [0.2, 0.25) is 0 Å². The zero-order valence-corrected chi connectivity index (χ0v) is 14.7. The van der Waals surface area contributed by atoms with Gasteiger partial charge in [-0.1, -0.05) is 24.3 Å². The topological polar surface area (TPSA) is 71.1 Å². The Labute approximate surface area is 137 Å². The van der Waals surface area contributed by atoms with Crippen LogP contribution in [0.25, 0.3) is 0 Å². The summed E-state index contributed by atoms with van der Waals surface area (Å²) in [7, 11) is -2.95. The van der Waals surface area contributed by atoms with Crippen molar-refractivity contribution < 1.29 is 27.6 Å². The summed E-state index contributed by atoms with van der Waals surface area (Å²) in [6, 6.07) is 7.30. The number of ether oxygens (including phenoxy) is 1. The highest BCUT2D eigenvalue weighted by Crippen LogP contribution is 2.27. The summed E-state index contributed by atoms with van der Waals surface area (Å²) in [6.45, 7) is 7.14. The number of cyclic esters (lactones) is 2. The third-order valence-corrected chi connectivity index (χ3v) is 6.59. The quantitative estimate of drug-likeness (QED) is 0.406. The normalized spacial score (nSPS) is 18.3. The van der Waals surface area contributed by atoms with Crippen molar-refractivity contribution in [3.63, 3.8) is 0 Å². The third kappa shape index (κ3) is 3.87. The lowest BCUT2D eigenvalue weighted by Crippen LogP contribution is -2.56. The van der Waals surface area contributed by atoms with E-state index < -0.39 is 26.7 Å². The predicted octanol–water partition coefficient (Wildman–Crippen LogP) is 1.50. The highest BCUT2D eigenvalue weighted by atomic mass is 28.4. The van der Waals surface area contributed by atoms with E-state index in [0.717, 1.165) is 10.8 Å². The van der Waals surface area contributed by atoms with E-state index in [1.165, 1.54) is 0 Å². The summed E-state index contributed by atoms with van der Waals surface area (Å²) in [5.74, 6) is -1.50. The minimum absolute atomic E-state index is 0.0864. The summed E-state index contributed by atoms with van der Waals surface area (Å²) < 4.78 is 22.1. The molecule has 2 rings (SSSR count). The minimum Gasteiger partial charge on any atom is -0.393 e. The molecule has 0 amide bonds. The van der Waals surface area contributed by atoms with Crippen LogP contribution in [0.5, 0.6) is 0 Å². The van der Waals surface area contributed by atoms with E-state index >= 15 is 0 Å². The van der Waals surface area contributed by atoms with Gasteiger partial charge in [-0.05, 0) is 26.3 Å². The Bertz CT molecular complexity index is 539. The van der Waals surface area contributed by atoms with Crippen LogP contribution in [0.2, 0.25) is 0 Å². The number of esters is 2. The van der Waals surface area contributed by atoms with Gasteiger partial charge in [-0.25, -0.2) is 0 Å². The second-order valence-corrected chi connectivity index (χ2v) is 7.58. The number of carbonyl (C=O) groups is 2. The molecule has 1 unspecified atom stereocenters. The van der Waals surface area contributed by atoms with Crippen LogP contribution in [0.4, 0.5) is 0 Å². The van der Waals surface area contributed by atoms with Crippen molar-refractivity contribution in [3.05, 3.63) is 29.8 Å². The summed E-state index contributed by atoms with van der Waals surface area (Å²) >= 11 is 0. The molecule has 0 aliphatic carbocycles. The number of carbonyl (C=O) groups excluding carboxylic acids is 2. The molecule has 1 aromatic carbocycles. The molecule has 1 heterocycles. The first kappa shape index (κ1) is 17.8. The second kappa shape index (κ2) is 7.83. The number of rotatable bonds is 8. The molecule has 1 fully saturated rings. The fourth-order valence-corrected chi connectivity index (χ4v) is 5.06. The van der Waals surface area contributed by atoms with E-state index in [1.807, 2.05) is 32.9 Å². The van der Waals surface area contributed by atoms with Crippen LogP contribution in [-0.4, -0.2) is 40.6 Å². The molecule has 6 nitrogen and oxygen atoms in total. The van der Waals surface area contributed by atoms with Gasteiger partial charge in [-0.15, -0.1) is 0 Å². The van der Waals surface area contributed by atoms with E-state index in [4.69, 9.17) is 13.3 Å². The third-order valence-electron chi connectivity index (χ3n) is 3.54. The Hall–Kier alpha value is -1.54. The van der Waals surface area contributed by atoms with Crippen molar-refractivity contribution in [3.8, 4) is 0 Å². The summed E-state index contributed by atoms with van der Waals surface area (Å²) in [5, 5.41) is 0.837. The average molecular weight is 338 g/mol. The molecule has 0 aromatic heterocycles. The van der Waals surface area contributed by atoms with E-state index in [0.29, 0.717) is 19.8 Å². The number of hydrogen-bond donors (Lipinski definition) is 0. The number of hydrogen-bond acceptors (Lipinski definition) is 6. The van der Waals surface area contributed by atoms with Gasteiger partial charge in [0.15, 0.2) is 0 Å². The van der Waals surface area contributed by atoms with Gasteiger partial charge >= 0.3 is 20.7 Å². The van der Waals surface area contributed by atoms with Gasteiger partial charge in [-0.2, -0.15) is 0 Å². The lowest BCUT2D eigenvalue weighted by molar-refractivity contribution is -0.152. The molecular formula is C16H22O6Si. The Morgan fingerprint density at radius 2 is 1.52 bits per heavy atom. The monoisotopic (exact) mass is 338 g/mol. The summed E-state index contributed by atoms with van der Waals surface area (Å²) in [5.41, 5.74) is 0.747. The molecule has 1 aromatic rings. The minimum atomic E-state index is -2.95. The van der Waals surface area contributed by atoms with Crippen LogP contribution in [-0.2, 0) is 27.6 Å². The van der Waals surface area contributed by atoms with Crippen molar-refractivity contribution in [1.82, 2.24) is 0 Å². The number of benzene rings is 1. The lowest BCUT2D eigenvalue weighted by atomic mass is 9.98. The molecule has 23 heavy (non-hydrogen) atoms. The Kier molecular flexibility index (Phi) is 6.06. The fourth-order valence-electron chi connectivity index (χ4n) is 2.59. The maximum Gasteiger partial charge on any atom is 0.537 e. The molecule has 1 aliphatic rings. The maximum absolute atomic E-state index is 11.7. The second-order valence-electron chi connectivity index (χ2n) is 5.03. The SMILES string of the molecule is CCO[Si](OCC)(OCC)c1ccc(C2CC(=O)OC2=O)cc1. The molecule has 0 bridgehead atoms. The van der Waals surface area contributed by atoms with Crippen molar-refractivity contribution in [2.24, 2.45) is 0 Å². The molecule has 1 saturated heterocycles. The largest absolute Gasteiger partial charge is 0.537 e. The van der Waals surface area contributed by atoms with Gasteiger partial charge in [0.05, 0.1) is 12.3 Å². The van der Waals surface area contributed by atoms with Gasteiger partial charge in [-0.3, -0.25) is 9.59 Å². The Morgan fingerprint density at radius 1 is 1.00 bits per heavy atom. The molecule has 0 spiro atoms. The smallest absolute Gasteiger partial charge is 0.393 e. The highest BCUT2D eigenvalue weighted by molar-refractivity contribution is 6.75. The van der Waals surface area contributed by atoms with E-state index in [1.54, 1.807) is 12.1 Å². The predicted molar refractivity (Wildman–Crippen MR) is 85.2 cm³/mol. The van der Waals surface area contributed by atoms with Crippen molar-refractivity contribution in [2.75, 3.05) is 19.8 Å². The van der Waals surface area contributed by atoms with Crippen LogP contribution in [0.1, 0.15) is 38.7 Å². The summed E-state index contributed by atoms with van der Waals surface area (Å²) in [4.78, 5) is 22.9.